The number of hydrogen-bond acceptors (Lipinski definition) is 4. The second kappa shape index (κ2) is 8.20. The summed E-state index contributed by atoms with van der Waals surface area (Å²) in [6.07, 6.45) is -3.81. The number of benzene rings is 2. The minimum absolute atomic E-state index is 0.104. The molecule has 0 aromatic heterocycles. The van der Waals surface area contributed by atoms with Crippen molar-refractivity contribution in [2.45, 2.75) is 6.18 Å². The van der Waals surface area contributed by atoms with E-state index in [1.807, 2.05) is 0 Å². The highest BCUT2D eigenvalue weighted by atomic mass is 35.5. The van der Waals surface area contributed by atoms with Gasteiger partial charge in [-0.05, 0) is 36.4 Å². The lowest BCUT2D eigenvalue weighted by atomic mass is 10.1. The zero-order valence-electron chi connectivity index (χ0n) is 13.4. The smallest absolute Gasteiger partial charge is 0.399 e. The molecule has 27 heavy (non-hydrogen) atoms. The van der Waals surface area contributed by atoms with Crippen molar-refractivity contribution in [3.63, 3.8) is 0 Å². The molecule has 4 N–H and O–H groups in total. The van der Waals surface area contributed by atoms with E-state index in [0.29, 0.717) is 5.69 Å². The number of rotatable bonds is 4. The first-order valence-electron chi connectivity index (χ1n) is 7.21. The van der Waals surface area contributed by atoms with E-state index in [2.05, 4.69) is 10.6 Å². The van der Waals surface area contributed by atoms with Gasteiger partial charge in [-0.3, -0.25) is 4.79 Å². The summed E-state index contributed by atoms with van der Waals surface area (Å²) in [7, 11) is 0. The van der Waals surface area contributed by atoms with Crippen molar-refractivity contribution < 1.29 is 18.0 Å². The number of carbonyl (C=O) groups excluding carboxylic acids is 1. The number of nitrogens with zero attached hydrogens (tertiary/aromatic N) is 1. The van der Waals surface area contributed by atoms with Crippen LogP contribution in [0.3, 0.4) is 0 Å². The molecule has 0 bridgehead atoms. The highest BCUT2D eigenvalue weighted by Gasteiger charge is 2.33. The van der Waals surface area contributed by atoms with E-state index in [1.54, 1.807) is 6.07 Å². The molecule has 1 amide bonds. The third-order valence-corrected chi connectivity index (χ3v) is 3.81. The average molecular weight is 415 g/mol. The highest BCUT2D eigenvalue weighted by Crippen LogP contribution is 2.36. The molecule has 2 rings (SSSR count). The number of nitrogen functional groups attached to an aromatic ring is 1. The molecule has 0 aliphatic rings. The summed E-state index contributed by atoms with van der Waals surface area (Å²) in [4.78, 5) is 12.2. The van der Waals surface area contributed by atoms with E-state index in [9.17, 15) is 18.0 Å². The van der Waals surface area contributed by atoms with Crippen LogP contribution in [0.4, 0.5) is 30.2 Å². The van der Waals surface area contributed by atoms with Crippen LogP contribution in [0.15, 0.2) is 48.2 Å². The summed E-state index contributed by atoms with van der Waals surface area (Å²) >= 11 is 11.5. The van der Waals surface area contributed by atoms with Gasteiger partial charge in [0.2, 0.25) is 0 Å². The van der Waals surface area contributed by atoms with Crippen LogP contribution >= 0.6 is 23.2 Å². The van der Waals surface area contributed by atoms with Gasteiger partial charge in [-0.25, -0.2) is 0 Å². The van der Waals surface area contributed by atoms with Gasteiger partial charge < -0.3 is 16.4 Å². The van der Waals surface area contributed by atoms with E-state index in [0.717, 1.165) is 18.3 Å². The lowest BCUT2D eigenvalue weighted by Crippen LogP contribution is -2.15. The van der Waals surface area contributed by atoms with Gasteiger partial charge in [0.1, 0.15) is 11.6 Å². The molecule has 0 saturated carbocycles. The van der Waals surface area contributed by atoms with Gasteiger partial charge >= 0.3 is 6.18 Å². The number of carbonyl (C=O) groups is 1. The van der Waals surface area contributed by atoms with E-state index in [4.69, 9.17) is 34.2 Å². The summed E-state index contributed by atoms with van der Waals surface area (Å²) < 4.78 is 39.2. The first-order chi connectivity index (χ1) is 12.6. The van der Waals surface area contributed by atoms with Crippen molar-refractivity contribution in [1.29, 1.82) is 5.26 Å². The van der Waals surface area contributed by atoms with Gasteiger partial charge in [-0.2, -0.15) is 18.4 Å². The van der Waals surface area contributed by atoms with Gasteiger partial charge in [0.05, 0.1) is 22.0 Å². The Kier molecular flexibility index (Phi) is 6.20. The predicted molar refractivity (Wildman–Crippen MR) is 98.3 cm³/mol. The zero-order chi connectivity index (χ0) is 20.2. The molecule has 10 heteroatoms. The maximum atomic E-state index is 13.1. The normalized spacial score (nSPS) is 11.6. The summed E-state index contributed by atoms with van der Waals surface area (Å²) in [5.41, 5.74) is 4.25. The van der Waals surface area contributed by atoms with Crippen LogP contribution in [0.5, 0.6) is 0 Å². The molecule has 0 saturated heterocycles. The number of amides is 1. The van der Waals surface area contributed by atoms with E-state index >= 15 is 0 Å². The van der Waals surface area contributed by atoms with Crippen LogP contribution in [-0.4, -0.2) is 5.91 Å². The molecule has 0 fully saturated rings. The molecule has 0 radical (unpaired) electrons. The largest absolute Gasteiger partial charge is 0.418 e. The van der Waals surface area contributed by atoms with Crippen molar-refractivity contribution in [2.24, 2.45) is 0 Å². The molecule has 0 unspecified atom stereocenters. The second-order valence-electron chi connectivity index (χ2n) is 5.20. The number of nitriles is 1. The van der Waals surface area contributed by atoms with Crippen LogP contribution in [-0.2, 0) is 11.0 Å². The quantitative estimate of drug-likeness (QED) is 0.370. The van der Waals surface area contributed by atoms with Crippen molar-refractivity contribution in [2.75, 3.05) is 16.4 Å². The molecule has 0 heterocycles. The van der Waals surface area contributed by atoms with Crippen molar-refractivity contribution in [1.82, 2.24) is 0 Å². The maximum absolute atomic E-state index is 13.1. The van der Waals surface area contributed by atoms with Crippen LogP contribution in [0, 0.1) is 11.3 Å². The lowest BCUT2D eigenvalue weighted by molar-refractivity contribution is -0.136. The molecular weight excluding hydrogens is 404 g/mol. The average Bonchev–Trinajstić information content (AvgIpc) is 2.58. The van der Waals surface area contributed by atoms with Gasteiger partial charge in [0.25, 0.3) is 5.91 Å². The third-order valence-electron chi connectivity index (χ3n) is 3.27. The minimum Gasteiger partial charge on any atom is -0.399 e. The van der Waals surface area contributed by atoms with Gasteiger partial charge in [-0.1, -0.05) is 23.2 Å². The Bertz CT molecular complexity index is 952. The summed E-state index contributed by atoms with van der Waals surface area (Å²) in [6.45, 7) is 0. The summed E-state index contributed by atoms with van der Waals surface area (Å²) in [5, 5.41) is 13.9. The number of halogens is 5. The topological polar surface area (TPSA) is 90.9 Å². The standard InChI is InChI=1S/C17H11Cl2F3N4O/c18-10-1-3-14(12(5-10)17(20,21)22)25-8-9(7-23)16(27)26-15-4-2-11(24)6-13(15)19/h1-6,8,25H,24H2,(H,26,27)/b9-8-. The van der Waals surface area contributed by atoms with Gasteiger partial charge in [-0.15, -0.1) is 0 Å². The lowest BCUT2D eigenvalue weighted by Gasteiger charge is -2.13. The van der Waals surface area contributed by atoms with Crippen molar-refractivity contribution in [3.05, 3.63) is 63.8 Å². The van der Waals surface area contributed by atoms with Gasteiger partial charge in [0.15, 0.2) is 0 Å². The monoisotopic (exact) mass is 414 g/mol. The number of hydrogen-bond donors (Lipinski definition) is 3. The molecular formula is C17H11Cl2F3N4O. The minimum atomic E-state index is -4.67. The fraction of sp³-hybridized carbons (Fsp3) is 0.0588. The Hall–Kier alpha value is -2.89. The van der Waals surface area contributed by atoms with E-state index < -0.39 is 23.2 Å². The number of nitrogens with two attached hydrogens (primary N) is 1. The van der Waals surface area contributed by atoms with E-state index in [1.165, 1.54) is 24.3 Å². The first-order valence-corrected chi connectivity index (χ1v) is 7.97. The van der Waals surface area contributed by atoms with E-state index in [-0.39, 0.29) is 21.4 Å². The Morgan fingerprint density at radius 2 is 1.81 bits per heavy atom. The molecule has 0 aliphatic carbocycles. The first kappa shape index (κ1) is 20.4. The Morgan fingerprint density at radius 3 is 2.41 bits per heavy atom. The van der Waals surface area contributed by atoms with Crippen LogP contribution in [0.1, 0.15) is 5.56 Å². The number of nitrogens with one attached hydrogen (secondary N) is 2. The third kappa shape index (κ3) is 5.29. The zero-order valence-corrected chi connectivity index (χ0v) is 14.9. The molecule has 2 aromatic carbocycles. The number of anilines is 3. The molecule has 140 valence electrons. The van der Waals surface area contributed by atoms with Gasteiger partial charge in [0, 0.05) is 16.9 Å². The fourth-order valence-corrected chi connectivity index (χ4v) is 2.41. The van der Waals surface area contributed by atoms with Crippen molar-refractivity contribution >= 4 is 46.2 Å². The SMILES string of the molecule is N#C/C(=C/Nc1ccc(Cl)cc1C(F)(F)F)C(=O)Nc1ccc(N)cc1Cl. The molecule has 0 spiro atoms. The molecule has 0 aliphatic heterocycles. The number of alkyl halides is 3. The Balaban J connectivity index is 2.24. The Morgan fingerprint density at radius 1 is 1.15 bits per heavy atom. The Labute approximate surface area is 162 Å². The summed E-state index contributed by atoms with van der Waals surface area (Å²) in [5.74, 6) is -0.862. The predicted octanol–water partition coefficient (Wildman–Crippen LogP) is 5.05. The molecule has 0 atom stereocenters. The van der Waals surface area contributed by atoms with Crippen LogP contribution in [0.25, 0.3) is 0 Å². The van der Waals surface area contributed by atoms with Crippen molar-refractivity contribution in [3.8, 4) is 6.07 Å². The fourth-order valence-electron chi connectivity index (χ4n) is 2.00. The maximum Gasteiger partial charge on any atom is 0.418 e. The van der Waals surface area contributed by atoms with Crippen LogP contribution < -0.4 is 16.4 Å². The van der Waals surface area contributed by atoms with Crippen LogP contribution in [0.2, 0.25) is 10.0 Å². The molecule has 2 aromatic rings. The summed E-state index contributed by atoms with van der Waals surface area (Å²) in [6, 6.07) is 8.98. The second-order valence-corrected chi connectivity index (χ2v) is 6.04. The molecule has 5 nitrogen and oxygen atoms in total. The highest BCUT2D eigenvalue weighted by molar-refractivity contribution is 6.34.